The van der Waals surface area contributed by atoms with E-state index in [4.69, 9.17) is 28.4 Å². The van der Waals surface area contributed by atoms with E-state index in [0.717, 1.165) is 0 Å². The third kappa shape index (κ3) is 2.34. The lowest BCUT2D eigenvalue weighted by Gasteiger charge is -2.48. The van der Waals surface area contributed by atoms with Gasteiger partial charge in [0.1, 0.15) is 17.8 Å². The molecule has 190 valence electrons. The SMILES string of the molecule is COC(=O)C(C)[C@H]1CC[C@]23[C@@H]4OC(O)[C@]12OC1OC(=O)[C@H](OC)[C@@]13[C@H](C(C)(C)C)[C@H]4OC(C)=O. The first-order valence-corrected chi connectivity index (χ1v) is 11.9. The lowest BCUT2D eigenvalue weighted by atomic mass is 9.51. The van der Waals surface area contributed by atoms with E-state index < -0.39 is 88.4 Å². The second-order valence-electron chi connectivity index (χ2n) is 11.5. The monoisotopic (exact) mass is 482 g/mol. The Kier molecular flexibility index (Phi) is 5.04. The molecule has 3 heterocycles. The maximum absolute atomic E-state index is 13.1. The van der Waals surface area contributed by atoms with E-state index >= 15 is 0 Å². The Morgan fingerprint density at radius 3 is 2.47 bits per heavy atom. The molecule has 1 N–H and O–H groups in total. The van der Waals surface area contributed by atoms with Crippen molar-refractivity contribution in [3.63, 3.8) is 0 Å². The van der Waals surface area contributed by atoms with Crippen molar-refractivity contribution < 1.29 is 47.9 Å². The van der Waals surface area contributed by atoms with E-state index in [1.54, 1.807) is 6.92 Å². The topological polar surface area (TPSA) is 127 Å². The number of aliphatic hydroxyl groups is 1. The van der Waals surface area contributed by atoms with Crippen molar-refractivity contribution >= 4 is 17.9 Å². The number of methoxy groups -OCH3 is 2. The fraction of sp³-hybridized carbons (Fsp3) is 0.875. The van der Waals surface area contributed by atoms with Crippen LogP contribution < -0.4 is 0 Å². The minimum Gasteiger partial charge on any atom is -0.469 e. The number of ether oxygens (including phenoxy) is 6. The Balaban J connectivity index is 1.80. The second kappa shape index (κ2) is 7.15. The van der Waals surface area contributed by atoms with Gasteiger partial charge in [-0.2, -0.15) is 0 Å². The summed E-state index contributed by atoms with van der Waals surface area (Å²) in [5.41, 5.74) is -3.97. The standard InChI is InChI=1S/C24H34O10/c1-10(17(26)30-7)12-8-9-22-15-13(31-11(2)25)14(21(3,4)5)23(22)16(29-6)18(27)33-20(23)34-24(12,22)19(28)32-15/h10,12-16,19-20,28H,8-9H2,1-7H3/t10?,12-,13-,14+,15-,16+,19?,20?,22-,23+,24-/m1/s1. The van der Waals surface area contributed by atoms with Gasteiger partial charge in [0.25, 0.3) is 0 Å². The molecule has 0 radical (unpaired) electrons. The van der Waals surface area contributed by atoms with E-state index in [1.807, 2.05) is 20.8 Å². The molecule has 5 fully saturated rings. The number of hydrogen-bond donors (Lipinski definition) is 1. The summed E-state index contributed by atoms with van der Waals surface area (Å²) in [6, 6.07) is 0. The molecule has 2 aliphatic carbocycles. The first-order chi connectivity index (χ1) is 15.9. The van der Waals surface area contributed by atoms with E-state index in [1.165, 1.54) is 21.1 Å². The highest BCUT2D eigenvalue weighted by atomic mass is 16.8. The van der Waals surface area contributed by atoms with Gasteiger partial charge in [0.2, 0.25) is 6.29 Å². The average Bonchev–Trinajstić information content (AvgIpc) is 3.41. The highest BCUT2D eigenvalue weighted by Gasteiger charge is 2.97. The fourth-order valence-corrected chi connectivity index (χ4v) is 8.81. The summed E-state index contributed by atoms with van der Waals surface area (Å²) in [4.78, 5) is 38.0. The molecule has 5 rings (SSSR count). The molecule has 0 amide bonds. The number of hydrogen-bond acceptors (Lipinski definition) is 10. The van der Waals surface area contributed by atoms with Crippen molar-refractivity contribution in [1.82, 2.24) is 0 Å². The highest BCUT2D eigenvalue weighted by Crippen LogP contribution is 2.84. The van der Waals surface area contributed by atoms with Crippen molar-refractivity contribution in [3.8, 4) is 0 Å². The Labute approximate surface area is 198 Å². The summed E-state index contributed by atoms with van der Waals surface area (Å²) < 4.78 is 35.4. The molecule has 10 nitrogen and oxygen atoms in total. The summed E-state index contributed by atoms with van der Waals surface area (Å²) in [6.45, 7) is 9.10. The third-order valence-electron chi connectivity index (χ3n) is 9.35. The Morgan fingerprint density at radius 2 is 1.91 bits per heavy atom. The molecule has 0 aromatic heterocycles. The summed E-state index contributed by atoms with van der Waals surface area (Å²) >= 11 is 0. The zero-order chi connectivity index (χ0) is 25.0. The zero-order valence-corrected chi connectivity index (χ0v) is 20.7. The van der Waals surface area contributed by atoms with E-state index in [0.29, 0.717) is 12.8 Å². The molecule has 0 bridgehead atoms. The van der Waals surface area contributed by atoms with Gasteiger partial charge in [0, 0.05) is 25.9 Å². The maximum Gasteiger partial charge on any atom is 0.338 e. The van der Waals surface area contributed by atoms with Gasteiger partial charge < -0.3 is 33.5 Å². The van der Waals surface area contributed by atoms with Gasteiger partial charge in [-0.15, -0.1) is 0 Å². The first kappa shape index (κ1) is 24.0. The maximum atomic E-state index is 13.1. The lowest BCUT2D eigenvalue weighted by molar-refractivity contribution is -0.253. The van der Waals surface area contributed by atoms with Gasteiger partial charge >= 0.3 is 17.9 Å². The average molecular weight is 483 g/mol. The van der Waals surface area contributed by atoms with Crippen LogP contribution in [0.15, 0.2) is 0 Å². The number of carbonyl (C=O) groups is 3. The van der Waals surface area contributed by atoms with Crippen molar-refractivity contribution in [3.05, 3.63) is 0 Å². The zero-order valence-electron chi connectivity index (χ0n) is 20.7. The minimum absolute atomic E-state index is 0.427. The molecule has 5 aliphatic rings. The Bertz CT molecular complexity index is 927. The van der Waals surface area contributed by atoms with Crippen molar-refractivity contribution in [1.29, 1.82) is 0 Å². The smallest absolute Gasteiger partial charge is 0.338 e. The van der Waals surface area contributed by atoms with Crippen LogP contribution >= 0.6 is 0 Å². The normalized spacial score (nSPS) is 49.3. The van der Waals surface area contributed by atoms with Crippen LogP contribution in [0.25, 0.3) is 0 Å². The predicted octanol–water partition coefficient (Wildman–Crippen LogP) is 1.17. The molecule has 2 spiro atoms. The fourth-order valence-electron chi connectivity index (χ4n) is 8.81. The quantitative estimate of drug-likeness (QED) is 0.461. The minimum atomic E-state index is -1.42. The molecule has 0 aromatic rings. The van der Waals surface area contributed by atoms with Crippen molar-refractivity contribution in [2.75, 3.05) is 14.2 Å². The Hall–Kier alpha value is -1.75. The molecular formula is C24H34O10. The lowest BCUT2D eigenvalue weighted by Crippen LogP contribution is -2.60. The summed E-state index contributed by atoms with van der Waals surface area (Å²) in [6.07, 6.45) is -4.05. The molecular weight excluding hydrogens is 448 g/mol. The summed E-state index contributed by atoms with van der Waals surface area (Å²) in [5.74, 6) is -3.03. The summed E-state index contributed by atoms with van der Waals surface area (Å²) in [7, 11) is 2.77. The Morgan fingerprint density at radius 1 is 1.24 bits per heavy atom. The number of esters is 3. The molecule has 11 atom stereocenters. The first-order valence-electron chi connectivity index (χ1n) is 11.9. The van der Waals surface area contributed by atoms with Crippen molar-refractivity contribution in [2.24, 2.45) is 34.0 Å². The van der Waals surface area contributed by atoms with Gasteiger partial charge in [0.15, 0.2) is 12.4 Å². The molecule has 3 aliphatic heterocycles. The van der Waals surface area contributed by atoms with Crippen molar-refractivity contribution in [2.45, 2.75) is 84.0 Å². The number of rotatable bonds is 4. The molecule has 34 heavy (non-hydrogen) atoms. The van der Waals surface area contributed by atoms with Crippen LogP contribution in [-0.4, -0.2) is 73.7 Å². The van der Waals surface area contributed by atoms with Crippen LogP contribution in [0.5, 0.6) is 0 Å². The number of aliphatic hydroxyl groups excluding tert-OH is 1. The van der Waals surface area contributed by atoms with E-state index in [-0.39, 0.29) is 0 Å². The second-order valence-corrected chi connectivity index (χ2v) is 11.5. The number of carbonyl (C=O) groups excluding carboxylic acids is 3. The summed E-state index contributed by atoms with van der Waals surface area (Å²) in [5, 5.41) is 11.4. The molecule has 3 saturated heterocycles. The van der Waals surface area contributed by atoms with Crippen LogP contribution in [0.1, 0.15) is 47.5 Å². The molecule has 3 unspecified atom stereocenters. The van der Waals surface area contributed by atoms with Crippen LogP contribution in [0.3, 0.4) is 0 Å². The van der Waals surface area contributed by atoms with Crippen LogP contribution in [0, 0.1) is 34.0 Å². The van der Waals surface area contributed by atoms with Gasteiger partial charge in [0.05, 0.1) is 23.9 Å². The van der Waals surface area contributed by atoms with Gasteiger partial charge in [-0.05, 0) is 18.3 Å². The molecule has 10 heteroatoms. The van der Waals surface area contributed by atoms with Gasteiger partial charge in [-0.1, -0.05) is 27.7 Å². The largest absolute Gasteiger partial charge is 0.469 e. The predicted molar refractivity (Wildman–Crippen MR) is 113 cm³/mol. The molecule has 2 saturated carbocycles. The van der Waals surface area contributed by atoms with Crippen LogP contribution in [0.4, 0.5) is 0 Å². The van der Waals surface area contributed by atoms with Crippen LogP contribution in [0.2, 0.25) is 0 Å². The molecule has 0 aromatic carbocycles. The van der Waals surface area contributed by atoms with Gasteiger partial charge in [-0.3, -0.25) is 9.59 Å². The third-order valence-corrected chi connectivity index (χ3v) is 9.35. The van der Waals surface area contributed by atoms with Gasteiger partial charge in [-0.25, -0.2) is 4.79 Å². The van der Waals surface area contributed by atoms with E-state index in [9.17, 15) is 19.5 Å². The van der Waals surface area contributed by atoms with Crippen LogP contribution in [-0.2, 0) is 42.8 Å². The van der Waals surface area contributed by atoms with E-state index in [2.05, 4.69) is 0 Å². The highest BCUT2D eigenvalue weighted by molar-refractivity contribution is 5.80.